The first kappa shape index (κ1) is 21.4. The fourth-order valence-corrected chi connectivity index (χ4v) is 3.66. The molecule has 0 aliphatic heterocycles. The van der Waals surface area contributed by atoms with Crippen LogP contribution in [0.3, 0.4) is 0 Å². The topological polar surface area (TPSA) is 46.9 Å². The van der Waals surface area contributed by atoms with Crippen LogP contribution >= 0.6 is 34.8 Å². The number of hydrogen-bond donors (Lipinski definition) is 1. The average Bonchev–Trinajstić information content (AvgIpc) is 3.18. The molecule has 1 N–H and O–H groups in total. The van der Waals surface area contributed by atoms with E-state index in [0.717, 1.165) is 11.1 Å². The van der Waals surface area contributed by atoms with Gasteiger partial charge in [0.1, 0.15) is 5.82 Å². The molecule has 31 heavy (non-hydrogen) atoms. The van der Waals surface area contributed by atoms with E-state index in [-0.39, 0.29) is 5.91 Å². The normalized spacial score (nSPS) is 10.8. The molecule has 7 heteroatoms. The summed E-state index contributed by atoms with van der Waals surface area (Å²) in [6, 6.07) is 24.1. The number of hydrogen-bond acceptors (Lipinski definition) is 2. The third-order valence-electron chi connectivity index (χ3n) is 4.74. The van der Waals surface area contributed by atoms with Crippen molar-refractivity contribution in [3.05, 3.63) is 99.5 Å². The van der Waals surface area contributed by atoms with Crippen LogP contribution in [0.4, 0.5) is 5.82 Å². The quantitative estimate of drug-likeness (QED) is 0.327. The third-order valence-corrected chi connectivity index (χ3v) is 5.54. The minimum absolute atomic E-state index is 0.120. The second-order valence-electron chi connectivity index (χ2n) is 6.96. The second-order valence-corrected chi connectivity index (χ2v) is 8.24. The van der Waals surface area contributed by atoms with Gasteiger partial charge in [0, 0.05) is 28.1 Å². The zero-order valence-electron chi connectivity index (χ0n) is 16.4. The molecule has 0 fully saturated rings. The molecular formula is C24H18Cl3N3O. The molecule has 4 rings (SSSR count). The van der Waals surface area contributed by atoms with E-state index in [1.165, 1.54) is 0 Å². The Hall–Kier alpha value is -2.79. The molecule has 0 saturated carbocycles. The van der Waals surface area contributed by atoms with Gasteiger partial charge in [-0.05, 0) is 42.3 Å². The number of halogens is 3. The SMILES string of the molecule is O=C(CCc1ccccc1)Nc1cc(-c2ccc(Cl)cc2)nn1-c1cc(Cl)ccc1Cl. The lowest BCUT2D eigenvalue weighted by molar-refractivity contribution is -0.116. The number of rotatable bonds is 6. The molecule has 4 nitrogen and oxygen atoms in total. The number of nitrogens with one attached hydrogen (secondary N) is 1. The molecular weight excluding hydrogens is 453 g/mol. The molecule has 1 heterocycles. The number of aryl methyl sites for hydroxylation is 1. The Bertz CT molecular complexity index is 1200. The Kier molecular flexibility index (Phi) is 6.62. The molecule has 0 spiro atoms. The maximum Gasteiger partial charge on any atom is 0.225 e. The first-order valence-corrected chi connectivity index (χ1v) is 10.8. The summed E-state index contributed by atoms with van der Waals surface area (Å²) in [7, 11) is 0. The van der Waals surface area contributed by atoms with Crippen LogP contribution in [0.25, 0.3) is 16.9 Å². The van der Waals surface area contributed by atoms with Crippen LogP contribution in [-0.2, 0) is 11.2 Å². The van der Waals surface area contributed by atoms with E-state index in [2.05, 4.69) is 10.4 Å². The van der Waals surface area contributed by atoms with Crippen molar-refractivity contribution in [1.82, 2.24) is 9.78 Å². The zero-order chi connectivity index (χ0) is 21.8. The molecule has 156 valence electrons. The summed E-state index contributed by atoms with van der Waals surface area (Å²) in [5.74, 6) is 0.387. The summed E-state index contributed by atoms with van der Waals surface area (Å²) in [6.45, 7) is 0. The van der Waals surface area contributed by atoms with Crippen molar-refractivity contribution in [2.24, 2.45) is 0 Å². The van der Waals surface area contributed by atoms with Gasteiger partial charge in [-0.3, -0.25) is 4.79 Å². The van der Waals surface area contributed by atoms with E-state index in [1.54, 1.807) is 41.1 Å². The summed E-state index contributed by atoms with van der Waals surface area (Å²) in [6.07, 6.45) is 0.984. The van der Waals surface area contributed by atoms with E-state index >= 15 is 0 Å². The van der Waals surface area contributed by atoms with Crippen molar-refractivity contribution in [1.29, 1.82) is 0 Å². The van der Waals surface area contributed by atoms with Crippen molar-refractivity contribution in [2.75, 3.05) is 5.32 Å². The number of amides is 1. The van der Waals surface area contributed by atoms with E-state index in [1.807, 2.05) is 42.5 Å². The van der Waals surface area contributed by atoms with Gasteiger partial charge in [0.2, 0.25) is 5.91 Å². The van der Waals surface area contributed by atoms with Gasteiger partial charge in [0.15, 0.2) is 0 Å². The number of aromatic nitrogens is 2. The van der Waals surface area contributed by atoms with Crippen LogP contribution in [0.2, 0.25) is 15.1 Å². The van der Waals surface area contributed by atoms with Gasteiger partial charge in [-0.2, -0.15) is 5.10 Å². The highest BCUT2D eigenvalue weighted by molar-refractivity contribution is 6.34. The minimum Gasteiger partial charge on any atom is -0.311 e. The van der Waals surface area contributed by atoms with Crippen LogP contribution in [-0.4, -0.2) is 15.7 Å². The number of benzene rings is 3. The van der Waals surface area contributed by atoms with Crippen molar-refractivity contribution in [3.63, 3.8) is 0 Å². The highest BCUT2D eigenvalue weighted by Crippen LogP contribution is 2.30. The number of carbonyl (C=O) groups excluding carboxylic acids is 1. The van der Waals surface area contributed by atoms with Gasteiger partial charge < -0.3 is 5.32 Å². The second kappa shape index (κ2) is 9.56. The monoisotopic (exact) mass is 469 g/mol. The predicted molar refractivity (Wildman–Crippen MR) is 127 cm³/mol. The Morgan fingerprint density at radius 3 is 2.32 bits per heavy atom. The first-order valence-electron chi connectivity index (χ1n) is 9.65. The highest BCUT2D eigenvalue weighted by Gasteiger charge is 2.16. The summed E-state index contributed by atoms with van der Waals surface area (Å²) in [5, 5.41) is 9.25. The molecule has 1 amide bonds. The standard InChI is InChI=1S/C24H18Cl3N3O/c25-18-9-7-17(8-10-18)21-15-23(28-24(31)13-6-16-4-2-1-3-5-16)30(29-21)22-14-19(26)11-12-20(22)27/h1-5,7-12,14-15H,6,13H2,(H,28,31). The lowest BCUT2D eigenvalue weighted by atomic mass is 10.1. The Labute approximate surface area is 195 Å². The Morgan fingerprint density at radius 2 is 1.58 bits per heavy atom. The van der Waals surface area contributed by atoms with Gasteiger partial charge >= 0.3 is 0 Å². The third kappa shape index (κ3) is 5.28. The van der Waals surface area contributed by atoms with Crippen molar-refractivity contribution < 1.29 is 4.79 Å². The Morgan fingerprint density at radius 1 is 0.871 bits per heavy atom. The summed E-state index contributed by atoms with van der Waals surface area (Å²) in [5.41, 5.74) is 3.21. The van der Waals surface area contributed by atoms with E-state index in [0.29, 0.717) is 45.1 Å². The maximum atomic E-state index is 12.7. The van der Waals surface area contributed by atoms with Crippen molar-refractivity contribution in [2.45, 2.75) is 12.8 Å². The largest absolute Gasteiger partial charge is 0.311 e. The van der Waals surface area contributed by atoms with Gasteiger partial charge in [-0.15, -0.1) is 0 Å². The molecule has 0 atom stereocenters. The van der Waals surface area contributed by atoms with E-state index < -0.39 is 0 Å². The number of nitrogens with zero attached hydrogens (tertiary/aromatic N) is 2. The molecule has 0 aliphatic carbocycles. The van der Waals surface area contributed by atoms with Gasteiger partial charge in [-0.25, -0.2) is 4.68 Å². The summed E-state index contributed by atoms with van der Waals surface area (Å²) >= 11 is 18.6. The summed E-state index contributed by atoms with van der Waals surface area (Å²) in [4.78, 5) is 12.7. The molecule has 4 aromatic rings. The van der Waals surface area contributed by atoms with Crippen LogP contribution in [0.1, 0.15) is 12.0 Å². The lowest BCUT2D eigenvalue weighted by Gasteiger charge is -2.11. The van der Waals surface area contributed by atoms with Crippen LogP contribution in [0.5, 0.6) is 0 Å². The van der Waals surface area contributed by atoms with Crippen LogP contribution in [0, 0.1) is 0 Å². The molecule has 0 unspecified atom stereocenters. The van der Waals surface area contributed by atoms with Crippen LogP contribution in [0.15, 0.2) is 78.9 Å². The summed E-state index contributed by atoms with van der Waals surface area (Å²) < 4.78 is 1.60. The highest BCUT2D eigenvalue weighted by atomic mass is 35.5. The van der Waals surface area contributed by atoms with Gasteiger partial charge in [0.05, 0.1) is 16.4 Å². The minimum atomic E-state index is -0.120. The van der Waals surface area contributed by atoms with E-state index in [4.69, 9.17) is 34.8 Å². The molecule has 1 aromatic heterocycles. The van der Waals surface area contributed by atoms with Crippen LogP contribution < -0.4 is 5.32 Å². The van der Waals surface area contributed by atoms with Gasteiger partial charge in [-0.1, -0.05) is 77.3 Å². The molecule has 0 aliphatic rings. The first-order chi connectivity index (χ1) is 15.0. The molecule has 0 radical (unpaired) electrons. The zero-order valence-corrected chi connectivity index (χ0v) is 18.6. The molecule has 0 saturated heterocycles. The molecule has 0 bridgehead atoms. The van der Waals surface area contributed by atoms with Crippen molar-refractivity contribution >= 4 is 46.5 Å². The average molecular weight is 471 g/mol. The number of anilines is 1. The van der Waals surface area contributed by atoms with Crippen molar-refractivity contribution in [3.8, 4) is 16.9 Å². The smallest absolute Gasteiger partial charge is 0.225 e. The van der Waals surface area contributed by atoms with E-state index in [9.17, 15) is 4.79 Å². The lowest BCUT2D eigenvalue weighted by Crippen LogP contribution is -2.15. The predicted octanol–water partition coefficient (Wildman–Crippen LogP) is 7.07. The fraction of sp³-hybridized carbons (Fsp3) is 0.0833. The van der Waals surface area contributed by atoms with Gasteiger partial charge in [0.25, 0.3) is 0 Å². The fourth-order valence-electron chi connectivity index (χ4n) is 3.17. The molecule has 3 aromatic carbocycles. The maximum absolute atomic E-state index is 12.7. The Balaban J connectivity index is 1.65. The number of carbonyl (C=O) groups is 1.